The third-order valence-corrected chi connectivity index (χ3v) is 3.26. The molecular weight excluding hydrogens is 260 g/mol. The highest BCUT2D eigenvalue weighted by atomic mass is 15.0. The van der Waals surface area contributed by atoms with Gasteiger partial charge in [0, 0.05) is 17.6 Å². The zero-order valence-corrected chi connectivity index (χ0v) is 11.4. The molecule has 0 atom stereocenters. The van der Waals surface area contributed by atoms with Gasteiger partial charge in [0.1, 0.15) is 5.82 Å². The lowest BCUT2D eigenvalue weighted by Crippen LogP contribution is -2.02. The van der Waals surface area contributed by atoms with Gasteiger partial charge in [-0.15, -0.1) is 0 Å². The Hall–Kier alpha value is -3.06. The zero-order valence-electron chi connectivity index (χ0n) is 11.4. The Labute approximate surface area is 122 Å². The van der Waals surface area contributed by atoms with E-state index in [2.05, 4.69) is 16.4 Å². The smallest absolute Gasteiger partial charge is 0.128 e. The minimum atomic E-state index is 0.612. The Kier molecular flexibility index (Phi) is 3.40. The summed E-state index contributed by atoms with van der Waals surface area (Å²) in [6, 6.07) is 19.3. The number of para-hydroxylation sites is 1. The second-order valence-corrected chi connectivity index (χ2v) is 4.78. The molecule has 4 nitrogen and oxygen atoms in total. The number of pyridine rings is 1. The number of fused-ring (bicyclic) bond motifs is 1. The van der Waals surface area contributed by atoms with E-state index in [9.17, 15) is 5.26 Å². The van der Waals surface area contributed by atoms with Gasteiger partial charge in [-0.1, -0.05) is 30.3 Å². The van der Waals surface area contributed by atoms with Crippen LogP contribution in [0.25, 0.3) is 10.9 Å². The molecule has 0 aliphatic heterocycles. The first-order chi connectivity index (χ1) is 10.3. The summed E-state index contributed by atoms with van der Waals surface area (Å²) in [7, 11) is 0. The van der Waals surface area contributed by atoms with Crippen LogP contribution in [0.5, 0.6) is 0 Å². The molecule has 102 valence electrons. The van der Waals surface area contributed by atoms with Gasteiger partial charge >= 0.3 is 0 Å². The summed E-state index contributed by atoms with van der Waals surface area (Å²) >= 11 is 0. The van der Waals surface area contributed by atoms with Crippen molar-refractivity contribution in [1.29, 1.82) is 5.26 Å². The quantitative estimate of drug-likeness (QED) is 0.718. The average molecular weight is 274 g/mol. The van der Waals surface area contributed by atoms with E-state index in [1.165, 1.54) is 0 Å². The van der Waals surface area contributed by atoms with Crippen molar-refractivity contribution in [3.63, 3.8) is 0 Å². The molecule has 1 heterocycles. The molecule has 0 amide bonds. The number of benzene rings is 2. The maximum atomic E-state index is 9.26. The number of nitrogens with zero attached hydrogens (tertiary/aromatic N) is 2. The first-order valence-corrected chi connectivity index (χ1v) is 6.64. The van der Waals surface area contributed by atoms with Crippen LogP contribution in [0.2, 0.25) is 0 Å². The molecule has 0 saturated heterocycles. The largest absolute Gasteiger partial charge is 0.399 e. The second kappa shape index (κ2) is 5.51. The number of nitrogens with two attached hydrogens (primary N) is 1. The van der Waals surface area contributed by atoms with Crippen molar-refractivity contribution in [3.05, 3.63) is 65.7 Å². The van der Waals surface area contributed by atoms with Gasteiger partial charge in [0.25, 0.3) is 0 Å². The van der Waals surface area contributed by atoms with Crippen LogP contribution in [0.3, 0.4) is 0 Å². The molecule has 3 aromatic rings. The maximum absolute atomic E-state index is 9.26. The Bertz CT molecular complexity index is 834. The molecule has 0 unspecified atom stereocenters. The third-order valence-electron chi connectivity index (χ3n) is 3.26. The van der Waals surface area contributed by atoms with E-state index in [1.54, 1.807) is 6.07 Å². The number of hydrogen-bond donors (Lipinski definition) is 2. The van der Waals surface area contributed by atoms with Crippen molar-refractivity contribution in [2.75, 3.05) is 11.1 Å². The van der Waals surface area contributed by atoms with Gasteiger partial charge < -0.3 is 11.1 Å². The highest BCUT2D eigenvalue weighted by Crippen LogP contribution is 2.20. The maximum Gasteiger partial charge on any atom is 0.128 e. The summed E-state index contributed by atoms with van der Waals surface area (Å²) in [6.45, 7) is 0.612. The van der Waals surface area contributed by atoms with Gasteiger partial charge in [0.2, 0.25) is 0 Å². The van der Waals surface area contributed by atoms with Crippen molar-refractivity contribution in [2.24, 2.45) is 0 Å². The van der Waals surface area contributed by atoms with Crippen LogP contribution in [0.4, 0.5) is 11.5 Å². The highest BCUT2D eigenvalue weighted by molar-refractivity contribution is 5.86. The van der Waals surface area contributed by atoms with E-state index in [-0.39, 0.29) is 0 Å². The lowest BCUT2D eigenvalue weighted by Gasteiger charge is -2.08. The van der Waals surface area contributed by atoms with Gasteiger partial charge in [-0.25, -0.2) is 4.98 Å². The Morgan fingerprint density at radius 1 is 1.10 bits per heavy atom. The predicted molar refractivity (Wildman–Crippen MR) is 84.6 cm³/mol. The SMILES string of the molecule is N#Cc1cc(NCc2cccc(N)c2)nc2ccccc12. The van der Waals surface area contributed by atoms with Gasteiger partial charge in [0.05, 0.1) is 17.1 Å². The van der Waals surface area contributed by atoms with Crippen LogP contribution in [-0.4, -0.2) is 4.98 Å². The van der Waals surface area contributed by atoms with E-state index in [0.29, 0.717) is 17.9 Å². The van der Waals surface area contributed by atoms with Crippen LogP contribution in [0.15, 0.2) is 54.6 Å². The average Bonchev–Trinajstić information content (AvgIpc) is 2.52. The Morgan fingerprint density at radius 3 is 2.76 bits per heavy atom. The fourth-order valence-electron chi connectivity index (χ4n) is 2.25. The summed E-state index contributed by atoms with van der Waals surface area (Å²) in [5.74, 6) is 0.688. The molecule has 0 fully saturated rings. The summed E-state index contributed by atoms with van der Waals surface area (Å²) in [4.78, 5) is 4.53. The molecule has 0 bridgehead atoms. The molecule has 3 N–H and O–H groups in total. The molecule has 0 aliphatic rings. The molecule has 0 radical (unpaired) electrons. The first kappa shape index (κ1) is 12.9. The van der Waals surface area contributed by atoms with Gasteiger partial charge in [-0.05, 0) is 29.8 Å². The molecule has 0 spiro atoms. The molecule has 3 rings (SSSR count). The number of nitrogen functional groups attached to an aromatic ring is 1. The van der Waals surface area contributed by atoms with Crippen molar-refractivity contribution < 1.29 is 0 Å². The third kappa shape index (κ3) is 2.77. The summed E-state index contributed by atoms with van der Waals surface area (Å²) < 4.78 is 0. The normalized spacial score (nSPS) is 10.2. The zero-order chi connectivity index (χ0) is 14.7. The van der Waals surface area contributed by atoms with Crippen molar-refractivity contribution in [2.45, 2.75) is 6.54 Å². The van der Waals surface area contributed by atoms with Crippen LogP contribution < -0.4 is 11.1 Å². The fraction of sp³-hybridized carbons (Fsp3) is 0.0588. The molecule has 4 heteroatoms. The summed E-state index contributed by atoms with van der Waals surface area (Å²) in [6.07, 6.45) is 0. The van der Waals surface area contributed by atoms with E-state index < -0.39 is 0 Å². The lowest BCUT2D eigenvalue weighted by molar-refractivity contribution is 1.12. The number of nitriles is 1. The van der Waals surface area contributed by atoms with E-state index in [0.717, 1.165) is 22.2 Å². The Balaban J connectivity index is 1.89. The molecule has 0 saturated carbocycles. The van der Waals surface area contributed by atoms with Crippen LogP contribution in [0, 0.1) is 11.3 Å². The number of aromatic nitrogens is 1. The van der Waals surface area contributed by atoms with Gasteiger partial charge in [-0.2, -0.15) is 5.26 Å². The highest BCUT2D eigenvalue weighted by Gasteiger charge is 2.05. The monoisotopic (exact) mass is 274 g/mol. The van der Waals surface area contributed by atoms with E-state index in [4.69, 9.17) is 5.73 Å². The Morgan fingerprint density at radius 2 is 1.95 bits per heavy atom. The topological polar surface area (TPSA) is 74.7 Å². The number of nitrogens with one attached hydrogen (secondary N) is 1. The predicted octanol–water partition coefficient (Wildman–Crippen LogP) is 3.30. The lowest BCUT2D eigenvalue weighted by atomic mass is 10.1. The molecule has 0 aliphatic carbocycles. The van der Waals surface area contributed by atoms with Crippen molar-refractivity contribution in [3.8, 4) is 6.07 Å². The summed E-state index contributed by atoms with van der Waals surface area (Å²) in [5.41, 5.74) is 9.00. The van der Waals surface area contributed by atoms with Crippen LogP contribution in [0.1, 0.15) is 11.1 Å². The van der Waals surface area contributed by atoms with Gasteiger partial charge in [0.15, 0.2) is 0 Å². The van der Waals surface area contributed by atoms with Crippen molar-refractivity contribution in [1.82, 2.24) is 4.98 Å². The van der Waals surface area contributed by atoms with Crippen molar-refractivity contribution >= 4 is 22.4 Å². The molecular formula is C17H14N4. The summed E-state index contributed by atoms with van der Waals surface area (Å²) in [5, 5.41) is 13.4. The minimum Gasteiger partial charge on any atom is -0.399 e. The standard InChI is InChI=1S/C17H14N4/c18-10-13-9-17(21-16-7-2-1-6-15(13)16)20-11-12-4-3-5-14(19)8-12/h1-9H,11,19H2,(H,20,21). The van der Waals surface area contributed by atoms with E-state index in [1.807, 2.05) is 48.5 Å². The van der Waals surface area contributed by atoms with Gasteiger partial charge in [-0.3, -0.25) is 0 Å². The number of anilines is 2. The number of rotatable bonds is 3. The first-order valence-electron chi connectivity index (χ1n) is 6.64. The molecule has 21 heavy (non-hydrogen) atoms. The minimum absolute atomic E-state index is 0.612. The van der Waals surface area contributed by atoms with E-state index >= 15 is 0 Å². The fourth-order valence-corrected chi connectivity index (χ4v) is 2.25. The molecule has 2 aromatic carbocycles. The second-order valence-electron chi connectivity index (χ2n) is 4.78. The molecule has 1 aromatic heterocycles. The van der Waals surface area contributed by atoms with Crippen LogP contribution >= 0.6 is 0 Å². The van der Waals surface area contributed by atoms with Crippen LogP contribution in [-0.2, 0) is 6.54 Å². The number of hydrogen-bond acceptors (Lipinski definition) is 4.